The van der Waals surface area contributed by atoms with Crippen LogP contribution in [0.1, 0.15) is 23.2 Å². The highest BCUT2D eigenvalue weighted by Gasteiger charge is 2.04. The summed E-state index contributed by atoms with van der Waals surface area (Å²) in [4.78, 5) is 18.6. The summed E-state index contributed by atoms with van der Waals surface area (Å²) in [6.07, 6.45) is 4.54. The molecule has 0 atom stereocenters. The molecule has 1 heterocycles. The van der Waals surface area contributed by atoms with Gasteiger partial charge in [-0.15, -0.1) is 0 Å². The number of nitrogens with zero attached hydrogens (tertiary/aromatic N) is 1. The first-order chi connectivity index (χ1) is 8.75. The predicted octanol–water partition coefficient (Wildman–Crippen LogP) is 1.97. The van der Waals surface area contributed by atoms with Gasteiger partial charge in [-0.2, -0.15) is 0 Å². The fraction of sp³-hybridized carbons (Fsp3) is 0.286. The predicted molar refractivity (Wildman–Crippen MR) is 69.9 cm³/mol. The Morgan fingerprint density at radius 1 is 1.39 bits per heavy atom. The second-order valence-corrected chi connectivity index (χ2v) is 4.28. The van der Waals surface area contributed by atoms with Crippen LogP contribution in [0, 0.1) is 6.92 Å². The zero-order chi connectivity index (χ0) is 12.8. The number of amides is 1. The minimum Gasteiger partial charge on any atom is -0.352 e. The molecule has 0 unspecified atom stereocenters. The van der Waals surface area contributed by atoms with Gasteiger partial charge in [0.1, 0.15) is 0 Å². The topological polar surface area (TPSA) is 57.8 Å². The molecular formula is C14H17N3O. The van der Waals surface area contributed by atoms with Crippen LogP contribution in [-0.4, -0.2) is 15.9 Å². The number of aryl methyl sites for hydroxylation is 2. The van der Waals surface area contributed by atoms with E-state index in [1.807, 2.05) is 31.2 Å². The van der Waals surface area contributed by atoms with E-state index in [0.29, 0.717) is 19.4 Å². The molecular weight excluding hydrogens is 226 g/mol. The third-order valence-electron chi connectivity index (χ3n) is 2.91. The molecule has 2 N–H and O–H groups in total. The number of imidazole rings is 1. The van der Waals surface area contributed by atoms with E-state index in [1.165, 1.54) is 5.56 Å². The molecule has 18 heavy (non-hydrogen) atoms. The minimum atomic E-state index is 0.0628. The van der Waals surface area contributed by atoms with Gasteiger partial charge in [0.25, 0.3) is 0 Å². The SMILES string of the molecule is Cc1ccccc1CNC(=O)CCc1cnc[nH]1. The molecule has 0 fully saturated rings. The summed E-state index contributed by atoms with van der Waals surface area (Å²) in [5, 5.41) is 2.93. The van der Waals surface area contributed by atoms with Crippen molar-refractivity contribution in [3.8, 4) is 0 Å². The quantitative estimate of drug-likeness (QED) is 0.843. The Balaban J connectivity index is 1.77. The van der Waals surface area contributed by atoms with Crippen molar-refractivity contribution in [2.45, 2.75) is 26.3 Å². The summed E-state index contributed by atoms with van der Waals surface area (Å²) >= 11 is 0. The van der Waals surface area contributed by atoms with E-state index < -0.39 is 0 Å². The first kappa shape index (κ1) is 12.4. The van der Waals surface area contributed by atoms with E-state index in [0.717, 1.165) is 11.3 Å². The number of aromatic amines is 1. The molecule has 1 aromatic carbocycles. The molecule has 0 spiro atoms. The zero-order valence-electron chi connectivity index (χ0n) is 10.4. The molecule has 0 saturated heterocycles. The fourth-order valence-electron chi connectivity index (χ4n) is 1.76. The van der Waals surface area contributed by atoms with Gasteiger partial charge in [-0.1, -0.05) is 24.3 Å². The Morgan fingerprint density at radius 3 is 2.94 bits per heavy atom. The second kappa shape index (κ2) is 6.00. The lowest BCUT2D eigenvalue weighted by atomic mass is 10.1. The normalized spacial score (nSPS) is 10.3. The van der Waals surface area contributed by atoms with Gasteiger partial charge >= 0.3 is 0 Å². The zero-order valence-corrected chi connectivity index (χ0v) is 10.4. The highest BCUT2D eigenvalue weighted by molar-refractivity contribution is 5.76. The van der Waals surface area contributed by atoms with Gasteiger partial charge in [-0.25, -0.2) is 4.98 Å². The van der Waals surface area contributed by atoms with Crippen molar-refractivity contribution in [1.29, 1.82) is 0 Å². The van der Waals surface area contributed by atoms with E-state index >= 15 is 0 Å². The molecule has 0 aliphatic rings. The Morgan fingerprint density at radius 2 is 2.22 bits per heavy atom. The first-order valence-electron chi connectivity index (χ1n) is 6.04. The summed E-state index contributed by atoms with van der Waals surface area (Å²) in [5.41, 5.74) is 3.35. The lowest BCUT2D eigenvalue weighted by Crippen LogP contribution is -2.23. The Hall–Kier alpha value is -2.10. The highest BCUT2D eigenvalue weighted by Crippen LogP contribution is 2.06. The number of carbonyl (C=O) groups is 1. The highest BCUT2D eigenvalue weighted by atomic mass is 16.1. The number of nitrogens with one attached hydrogen (secondary N) is 2. The molecule has 0 bridgehead atoms. The summed E-state index contributed by atoms with van der Waals surface area (Å²) in [6, 6.07) is 8.06. The number of H-pyrrole nitrogens is 1. The summed E-state index contributed by atoms with van der Waals surface area (Å²) < 4.78 is 0. The first-order valence-corrected chi connectivity index (χ1v) is 6.04. The molecule has 2 aromatic rings. The smallest absolute Gasteiger partial charge is 0.220 e. The van der Waals surface area contributed by atoms with Crippen molar-refractivity contribution in [2.24, 2.45) is 0 Å². The van der Waals surface area contributed by atoms with Crippen LogP contribution in [0.3, 0.4) is 0 Å². The minimum absolute atomic E-state index is 0.0628. The standard InChI is InChI=1S/C14H17N3O/c1-11-4-2-3-5-12(11)8-16-14(18)7-6-13-9-15-10-17-13/h2-5,9-10H,6-8H2,1H3,(H,15,17)(H,16,18). The largest absolute Gasteiger partial charge is 0.352 e. The van der Waals surface area contributed by atoms with Gasteiger partial charge in [0, 0.05) is 24.9 Å². The van der Waals surface area contributed by atoms with Gasteiger partial charge in [0.15, 0.2) is 0 Å². The Labute approximate surface area is 106 Å². The van der Waals surface area contributed by atoms with Gasteiger partial charge in [-0.3, -0.25) is 4.79 Å². The van der Waals surface area contributed by atoms with E-state index in [-0.39, 0.29) is 5.91 Å². The van der Waals surface area contributed by atoms with Crippen molar-refractivity contribution < 1.29 is 4.79 Å². The monoisotopic (exact) mass is 243 g/mol. The summed E-state index contributed by atoms with van der Waals surface area (Å²) in [7, 11) is 0. The molecule has 94 valence electrons. The van der Waals surface area contributed by atoms with Crippen molar-refractivity contribution in [3.05, 3.63) is 53.6 Å². The van der Waals surface area contributed by atoms with Crippen LogP contribution in [0.25, 0.3) is 0 Å². The molecule has 1 aromatic heterocycles. The maximum atomic E-state index is 11.7. The van der Waals surface area contributed by atoms with Gasteiger partial charge in [0.05, 0.1) is 6.33 Å². The van der Waals surface area contributed by atoms with Crippen molar-refractivity contribution in [1.82, 2.24) is 15.3 Å². The van der Waals surface area contributed by atoms with Gasteiger partial charge in [-0.05, 0) is 24.5 Å². The molecule has 0 aliphatic carbocycles. The van der Waals surface area contributed by atoms with Crippen molar-refractivity contribution in [2.75, 3.05) is 0 Å². The lowest BCUT2D eigenvalue weighted by Gasteiger charge is -2.07. The molecule has 0 saturated carbocycles. The number of rotatable bonds is 5. The van der Waals surface area contributed by atoms with Crippen molar-refractivity contribution >= 4 is 5.91 Å². The van der Waals surface area contributed by atoms with E-state index in [4.69, 9.17) is 0 Å². The average Bonchev–Trinajstić information content (AvgIpc) is 2.88. The molecule has 0 aliphatic heterocycles. The Bertz CT molecular complexity index is 506. The number of aromatic nitrogens is 2. The number of benzene rings is 1. The Kier molecular flexibility index (Phi) is 4.12. The van der Waals surface area contributed by atoms with Crippen LogP contribution in [0.15, 0.2) is 36.8 Å². The van der Waals surface area contributed by atoms with Crippen LogP contribution in [-0.2, 0) is 17.8 Å². The second-order valence-electron chi connectivity index (χ2n) is 4.28. The molecule has 1 amide bonds. The van der Waals surface area contributed by atoms with Gasteiger partial charge in [0.2, 0.25) is 5.91 Å². The van der Waals surface area contributed by atoms with Crippen LogP contribution in [0.5, 0.6) is 0 Å². The fourth-order valence-corrected chi connectivity index (χ4v) is 1.76. The average molecular weight is 243 g/mol. The summed E-state index contributed by atoms with van der Waals surface area (Å²) in [6.45, 7) is 2.64. The third-order valence-corrected chi connectivity index (χ3v) is 2.91. The van der Waals surface area contributed by atoms with Crippen LogP contribution in [0.2, 0.25) is 0 Å². The number of carbonyl (C=O) groups excluding carboxylic acids is 1. The maximum absolute atomic E-state index is 11.7. The van der Waals surface area contributed by atoms with E-state index in [9.17, 15) is 4.79 Å². The van der Waals surface area contributed by atoms with Gasteiger partial charge < -0.3 is 10.3 Å². The van der Waals surface area contributed by atoms with Crippen LogP contribution < -0.4 is 5.32 Å². The van der Waals surface area contributed by atoms with E-state index in [1.54, 1.807) is 12.5 Å². The van der Waals surface area contributed by atoms with Crippen molar-refractivity contribution in [3.63, 3.8) is 0 Å². The van der Waals surface area contributed by atoms with E-state index in [2.05, 4.69) is 15.3 Å². The molecule has 4 heteroatoms. The van der Waals surface area contributed by atoms with Crippen LogP contribution >= 0.6 is 0 Å². The molecule has 4 nitrogen and oxygen atoms in total. The summed E-state index contributed by atoms with van der Waals surface area (Å²) in [5.74, 6) is 0.0628. The number of hydrogen-bond acceptors (Lipinski definition) is 2. The molecule has 2 rings (SSSR count). The van der Waals surface area contributed by atoms with Crippen LogP contribution in [0.4, 0.5) is 0 Å². The maximum Gasteiger partial charge on any atom is 0.220 e. The third kappa shape index (κ3) is 3.45. The number of hydrogen-bond donors (Lipinski definition) is 2. The lowest BCUT2D eigenvalue weighted by molar-refractivity contribution is -0.121. The molecule has 0 radical (unpaired) electrons.